The molecule has 32 heavy (non-hydrogen) atoms. The normalized spacial score (nSPS) is 19.2. The molecule has 0 saturated carbocycles. The number of benzene rings is 3. The fourth-order valence-corrected chi connectivity index (χ4v) is 4.10. The Kier molecular flexibility index (Phi) is 6.49. The number of rotatable bonds is 7. The molecule has 1 aliphatic heterocycles. The van der Waals surface area contributed by atoms with Crippen LogP contribution in [0.5, 0.6) is 5.75 Å². The molecule has 0 radical (unpaired) electrons. The fourth-order valence-electron chi connectivity index (χ4n) is 4.10. The van der Waals surface area contributed by atoms with Crippen molar-refractivity contribution in [2.45, 2.75) is 51.7 Å². The van der Waals surface area contributed by atoms with Crippen LogP contribution in [0.25, 0.3) is 0 Å². The van der Waals surface area contributed by atoms with Crippen LogP contribution in [0.1, 0.15) is 42.2 Å². The van der Waals surface area contributed by atoms with Gasteiger partial charge in [0.25, 0.3) is 0 Å². The molecule has 4 rings (SSSR count). The van der Waals surface area contributed by atoms with Crippen molar-refractivity contribution in [2.75, 3.05) is 12.4 Å². The minimum atomic E-state index is -0.613. The summed E-state index contributed by atoms with van der Waals surface area (Å²) in [6, 6.07) is 21.0. The average Bonchev–Trinajstić information content (AvgIpc) is 2.76. The highest BCUT2D eigenvalue weighted by Gasteiger charge is 2.45. The van der Waals surface area contributed by atoms with E-state index >= 15 is 0 Å². The van der Waals surface area contributed by atoms with Crippen molar-refractivity contribution in [3.8, 4) is 5.75 Å². The van der Waals surface area contributed by atoms with Crippen molar-refractivity contribution >= 4 is 5.69 Å². The molecule has 4 nitrogen and oxygen atoms in total. The van der Waals surface area contributed by atoms with Gasteiger partial charge in [-0.15, -0.1) is 0 Å². The van der Waals surface area contributed by atoms with Crippen molar-refractivity contribution < 1.29 is 18.6 Å². The lowest BCUT2D eigenvalue weighted by Gasteiger charge is -2.44. The first-order chi connectivity index (χ1) is 15.4. The van der Waals surface area contributed by atoms with E-state index in [1.54, 1.807) is 13.2 Å². The molecule has 168 valence electrons. The molecule has 1 aliphatic rings. The maximum Gasteiger partial charge on any atom is 0.132 e. The lowest BCUT2D eigenvalue weighted by Crippen LogP contribution is -2.50. The molecule has 0 saturated heterocycles. The largest absolute Gasteiger partial charge is 0.485 e. The van der Waals surface area contributed by atoms with E-state index in [1.165, 1.54) is 23.3 Å². The summed E-state index contributed by atoms with van der Waals surface area (Å²) in [7, 11) is 1.68. The highest BCUT2D eigenvalue weighted by molar-refractivity contribution is 5.54. The van der Waals surface area contributed by atoms with E-state index < -0.39 is 5.60 Å². The number of hydrogen-bond donors (Lipinski definition) is 1. The van der Waals surface area contributed by atoms with Crippen molar-refractivity contribution in [1.82, 2.24) is 0 Å². The Hall–Kier alpha value is -2.89. The Morgan fingerprint density at radius 3 is 2.50 bits per heavy atom. The van der Waals surface area contributed by atoms with E-state index in [-0.39, 0.29) is 24.6 Å². The van der Waals surface area contributed by atoms with Crippen LogP contribution in [-0.4, -0.2) is 18.8 Å². The number of anilines is 1. The Bertz CT molecular complexity index is 1060. The molecule has 2 atom stereocenters. The highest BCUT2D eigenvalue weighted by atomic mass is 19.1. The summed E-state index contributed by atoms with van der Waals surface area (Å²) < 4.78 is 32.0. The van der Waals surface area contributed by atoms with E-state index in [1.807, 2.05) is 32.0 Å². The van der Waals surface area contributed by atoms with Gasteiger partial charge in [-0.3, -0.25) is 0 Å². The van der Waals surface area contributed by atoms with Gasteiger partial charge in [-0.1, -0.05) is 42.0 Å². The van der Waals surface area contributed by atoms with Gasteiger partial charge in [0.05, 0.1) is 6.61 Å². The van der Waals surface area contributed by atoms with Crippen molar-refractivity contribution in [2.24, 2.45) is 0 Å². The van der Waals surface area contributed by atoms with Crippen LogP contribution in [0.3, 0.4) is 0 Å². The molecule has 0 bridgehead atoms. The molecular weight excluding hydrogens is 405 g/mol. The first kappa shape index (κ1) is 22.3. The molecule has 1 heterocycles. The van der Waals surface area contributed by atoms with Crippen molar-refractivity contribution in [3.63, 3.8) is 0 Å². The second-order valence-corrected chi connectivity index (χ2v) is 8.82. The lowest BCUT2D eigenvalue weighted by atomic mass is 9.88. The van der Waals surface area contributed by atoms with E-state index in [0.717, 1.165) is 29.1 Å². The van der Waals surface area contributed by atoms with Crippen LogP contribution >= 0.6 is 0 Å². The van der Waals surface area contributed by atoms with Crippen molar-refractivity contribution in [1.29, 1.82) is 0 Å². The van der Waals surface area contributed by atoms with Crippen LogP contribution in [0.15, 0.2) is 66.7 Å². The number of hydrogen-bond acceptors (Lipinski definition) is 4. The minimum Gasteiger partial charge on any atom is -0.485 e. The van der Waals surface area contributed by atoms with Crippen LogP contribution in [0.2, 0.25) is 0 Å². The summed E-state index contributed by atoms with van der Waals surface area (Å²) in [5, 5.41) is 3.48. The summed E-state index contributed by atoms with van der Waals surface area (Å²) in [4.78, 5) is 0. The zero-order chi connectivity index (χ0) is 22.7. The summed E-state index contributed by atoms with van der Waals surface area (Å²) in [5.41, 5.74) is 4.54. The van der Waals surface area contributed by atoms with Crippen LogP contribution in [0, 0.1) is 12.7 Å². The third-order valence-electron chi connectivity index (χ3n) is 5.84. The molecule has 0 spiro atoms. The van der Waals surface area contributed by atoms with Crippen LogP contribution in [0.4, 0.5) is 10.1 Å². The molecule has 0 amide bonds. The summed E-state index contributed by atoms with van der Waals surface area (Å²) in [6.45, 7) is 7.06. The first-order valence-corrected chi connectivity index (χ1v) is 10.9. The molecule has 2 unspecified atom stereocenters. The maximum atomic E-state index is 13.6. The Morgan fingerprint density at radius 1 is 1.00 bits per heavy atom. The standard InChI is InChI=1S/C27H30FNO3/c1-18-8-10-19(11-9-18)16-29-22-12-13-24-23(15-22)25(30-4)26(27(2,3)32-24)31-17-20-6-5-7-21(28)14-20/h5-15,25-26,29H,16-17H2,1-4H3. The molecule has 1 N–H and O–H groups in total. The first-order valence-electron chi connectivity index (χ1n) is 10.9. The summed E-state index contributed by atoms with van der Waals surface area (Å²) in [6.07, 6.45) is -0.681. The van der Waals surface area contributed by atoms with Gasteiger partial charge in [-0.25, -0.2) is 4.39 Å². The van der Waals surface area contributed by atoms with Gasteiger partial charge < -0.3 is 19.5 Å². The fraction of sp³-hybridized carbons (Fsp3) is 0.333. The smallest absolute Gasteiger partial charge is 0.132 e. The molecule has 0 aromatic heterocycles. The predicted molar refractivity (Wildman–Crippen MR) is 124 cm³/mol. The van der Waals surface area contributed by atoms with Crippen LogP contribution in [-0.2, 0) is 22.6 Å². The second kappa shape index (κ2) is 9.31. The summed E-state index contributed by atoms with van der Waals surface area (Å²) >= 11 is 0. The van der Waals surface area contributed by atoms with Gasteiger partial charge in [0.1, 0.15) is 29.4 Å². The number of fused-ring (bicyclic) bond motifs is 1. The van der Waals surface area contributed by atoms with Gasteiger partial charge in [0, 0.05) is 24.9 Å². The Morgan fingerprint density at radius 2 is 1.78 bits per heavy atom. The third kappa shape index (κ3) is 4.95. The average molecular weight is 436 g/mol. The maximum absolute atomic E-state index is 13.6. The van der Waals surface area contributed by atoms with Gasteiger partial charge in [-0.05, 0) is 62.2 Å². The highest BCUT2D eigenvalue weighted by Crippen LogP contribution is 2.44. The number of halogens is 1. The van der Waals surface area contributed by atoms with E-state index in [9.17, 15) is 4.39 Å². The Labute approximate surface area is 189 Å². The van der Waals surface area contributed by atoms with Gasteiger partial charge in [0.15, 0.2) is 0 Å². The molecule has 3 aromatic rings. The SMILES string of the molecule is COC1c2cc(NCc3ccc(C)cc3)ccc2OC(C)(C)C1OCc1cccc(F)c1. The molecule has 3 aromatic carbocycles. The molecular formula is C27H30FNO3. The summed E-state index contributed by atoms with van der Waals surface area (Å²) in [5.74, 6) is 0.511. The van der Waals surface area contributed by atoms with E-state index in [4.69, 9.17) is 14.2 Å². The number of ether oxygens (including phenoxy) is 3. The number of aryl methyl sites for hydroxylation is 1. The second-order valence-electron chi connectivity index (χ2n) is 8.82. The predicted octanol–water partition coefficient (Wildman–Crippen LogP) is 6.19. The zero-order valence-corrected chi connectivity index (χ0v) is 19.0. The van der Waals surface area contributed by atoms with E-state index in [2.05, 4.69) is 42.6 Å². The number of nitrogens with one attached hydrogen (secondary N) is 1. The molecule has 0 aliphatic carbocycles. The monoisotopic (exact) mass is 435 g/mol. The molecule has 5 heteroatoms. The quantitative estimate of drug-likeness (QED) is 0.480. The minimum absolute atomic E-state index is 0.274. The molecule has 0 fully saturated rings. The van der Waals surface area contributed by atoms with Crippen molar-refractivity contribution in [3.05, 3.63) is 94.8 Å². The van der Waals surface area contributed by atoms with Gasteiger partial charge in [0.2, 0.25) is 0 Å². The third-order valence-corrected chi connectivity index (χ3v) is 5.84. The van der Waals surface area contributed by atoms with Crippen LogP contribution < -0.4 is 10.1 Å². The zero-order valence-electron chi connectivity index (χ0n) is 19.0. The van der Waals surface area contributed by atoms with Gasteiger partial charge >= 0.3 is 0 Å². The topological polar surface area (TPSA) is 39.7 Å². The van der Waals surface area contributed by atoms with E-state index in [0.29, 0.717) is 0 Å². The Balaban J connectivity index is 1.53. The lowest BCUT2D eigenvalue weighted by molar-refractivity contribution is -0.159. The number of methoxy groups -OCH3 is 1. The van der Waals surface area contributed by atoms with Gasteiger partial charge in [-0.2, -0.15) is 0 Å².